The third kappa shape index (κ3) is 2.68. The molecule has 2 rings (SSSR count). The topological polar surface area (TPSA) is 73.5 Å². The van der Waals surface area contributed by atoms with E-state index in [-0.39, 0.29) is 0 Å². The lowest BCUT2D eigenvalue weighted by Gasteiger charge is -2.00. The molecule has 0 radical (unpaired) electrons. The summed E-state index contributed by atoms with van der Waals surface area (Å²) in [5.41, 5.74) is 0.936. The molecule has 0 aliphatic heterocycles. The summed E-state index contributed by atoms with van der Waals surface area (Å²) in [4.78, 5) is 0. The van der Waals surface area contributed by atoms with Crippen molar-refractivity contribution in [2.45, 2.75) is 26.9 Å². The van der Waals surface area contributed by atoms with E-state index in [1.807, 2.05) is 24.7 Å². The Morgan fingerprint density at radius 1 is 1.29 bits per heavy atom. The minimum Gasteiger partial charge on any atom is -0.317 e. The lowest BCUT2D eigenvalue weighted by molar-refractivity contribution is 0.603. The third-order valence-electron chi connectivity index (χ3n) is 2.63. The van der Waals surface area contributed by atoms with Crippen LogP contribution in [0.15, 0.2) is 6.20 Å². The molecule has 0 aromatic carbocycles. The van der Waals surface area contributed by atoms with Gasteiger partial charge in [-0.25, -0.2) is 4.68 Å². The molecule has 2 aromatic heterocycles. The van der Waals surface area contributed by atoms with Crippen LogP contribution in [0, 0.1) is 6.92 Å². The predicted octanol–water partition coefficient (Wildman–Crippen LogP) is -0.127. The molecule has 7 heteroatoms. The molecule has 0 atom stereocenters. The van der Waals surface area contributed by atoms with E-state index in [0.29, 0.717) is 6.54 Å². The molecule has 0 saturated carbocycles. The van der Waals surface area contributed by atoms with Gasteiger partial charge in [0.1, 0.15) is 12.4 Å². The number of hydrogen-bond donors (Lipinski definition) is 1. The minimum atomic E-state index is 0.594. The number of rotatable bonds is 5. The summed E-state index contributed by atoms with van der Waals surface area (Å²) in [6.07, 6.45) is 1.92. The Morgan fingerprint density at radius 2 is 2.12 bits per heavy atom. The van der Waals surface area contributed by atoms with Gasteiger partial charge in [-0.3, -0.25) is 0 Å². The first-order valence-corrected chi connectivity index (χ1v) is 5.65. The third-order valence-corrected chi connectivity index (χ3v) is 2.63. The van der Waals surface area contributed by atoms with E-state index in [1.165, 1.54) is 0 Å². The average molecular weight is 235 g/mol. The lowest BCUT2D eigenvalue weighted by atomic mass is 10.4. The van der Waals surface area contributed by atoms with Crippen LogP contribution in [0.3, 0.4) is 0 Å². The lowest BCUT2D eigenvalue weighted by Crippen LogP contribution is -2.11. The standard InChI is InChI=1S/C10H17N7/c1-4-11-5-9-6-17(15-13-9)7-10-14-12-8(2)16(10)3/h6,11H,4-5,7H2,1-3H3. The summed E-state index contributed by atoms with van der Waals surface area (Å²) < 4.78 is 3.72. The van der Waals surface area contributed by atoms with E-state index >= 15 is 0 Å². The first-order chi connectivity index (χ1) is 8.20. The molecular weight excluding hydrogens is 218 g/mol. The molecular formula is C10H17N7. The van der Waals surface area contributed by atoms with Gasteiger partial charge in [0.15, 0.2) is 5.82 Å². The van der Waals surface area contributed by atoms with Gasteiger partial charge in [-0.15, -0.1) is 15.3 Å². The quantitative estimate of drug-likeness (QED) is 0.781. The van der Waals surface area contributed by atoms with Crippen molar-refractivity contribution in [2.75, 3.05) is 6.54 Å². The van der Waals surface area contributed by atoms with Crippen LogP contribution in [-0.2, 0) is 20.1 Å². The van der Waals surface area contributed by atoms with Crippen LogP contribution in [0.2, 0.25) is 0 Å². The van der Waals surface area contributed by atoms with Crippen LogP contribution in [0.5, 0.6) is 0 Å². The normalized spacial score (nSPS) is 11.0. The molecule has 7 nitrogen and oxygen atoms in total. The Labute approximate surface area is 99.9 Å². The van der Waals surface area contributed by atoms with Crippen LogP contribution in [0.4, 0.5) is 0 Å². The SMILES string of the molecule is CCNCc1cn(Cc2nnc(C)n2C)nn1. The van der Waals surface area contributed by atoms with Crippen molar-refractivity contribution in [3.8, 4) is 0 Å². The molecule has 0 unspecified atom stereocenters. The second kappa shape index (κ2) is 5.05. The highest BCUT2D eigenvalue weighted by Gasteiger charge is 2.07. The molecule has 0 saturated heterocycles. The van der Waals surface area contributed by atoms with E-state index in [2.05, 4.69) is 32.7 Å². The maximum Gasteiger partial charge on any atom is 0.154 e. The van der Waals surface area contributed by atoms with Gasteiger partial charge in [0.05, 0.1) is 11.9 Å². The predicted molar refractivity (Wildman–Crippen MR) is 62.2 cm³/mol. The smallest absolute Gasteiger partial charge is 0.154 e. The van der Waals surface area contributed by atoms with Crippen molar-refractivity contribution in [2.24, 2.45) is 7.05 Å². The van der Waals surface area contributed by atoms with E-state index in [9.17, 15) is 0 Å². The van der Waals surface area contributed by atoms with Crippen LogP contribution >= 0.6 is 0 Å². The van der Waals surface area contributed by atoms with Crippen molar-refractivity contribution in [1.29, 1.82) is 0 Å². The zero-order chi connectivity index (χ0) is 12.3. The van der Waals surface area contributed by atoms with Gasteiger partial charge >= 0.3 is 0 Å². The number of aromatic nitrogens is 6. The summed E-state index contributed by atoms with van der Waals surface area (Å²) in [7, 11) is 1.95. The van der Waals surface area contributed by atoms with Crippen LogP contribution in [0.1, 0.15) is 24.3 Å². The van der Waals surface area contributed by atoms with Gasteiger partial charge in [-0.1, -0.05) is 12.1 Å². The van der Waals surface area contributed by atoms with Gasteiger partial charge in [0, 0.05) is 13.6 Å². The molecule has 17 heavy (non-hydrogen) atoms. The highest BCUT2D eigenvalue weighted by atomic mass is 15.4. The molecule has 0 bridgehead atoms. The van der Waals surface area contributed by atoms with Crippen molar-refractivity contribution in [3.63, 3.8) is 0 Å². The summed E-state index contributed by atoms with van der Waals surface area (Å²) in [6.45, 7) is 6.25. The van der Waals surface area contributed by atoms with Gasteiger partial charge in [-0.2, -0.15) is 0 Å². The highest BCUT2D eigenvalue weighted by molar-refractivity contribution is 4.96. The van der Waals surface area contributed by atoms with Gasteiger partial charge in [0.25, 0.3) is 0 Å². The van der Waals surface area contributed by atoms with E-state index < -0.39 is 0 Å². The zero-order valence-electron chi connectivity index (χ0n) is 10.4. The summed E-state index contributed by atoms with van der Waals surface area (Å²) >= 11 is 0. The largest absolute Gasteiger partial charge is 0.317 e. The Balaban J connectivity index is 2.04. The monoisotopic (exact) mass is 235 g/mol. The number of nitrogens with zero attached hydrogens (tertiary/aromatic N) is 6. The first-order valence-electron chi connectivity index (χ1n) is 5.65. The second-order valence-corrected chi connectivity index (χ2v) is 3.91. The molecule has 0 spiro atoms. The summed E-state index contributed by atoms with van der Waals surface area (Å²) in [5.74, 6) is 1.77. The van der Waals surface area contributed by atoms with Crippen LogP contribution in [-0.4, -0.2) is 36.3 Å². The Bertz CT molecular complexity index is 485. The summed E-state index contributed by atoms with van der Waals surface area (Å²) in [5, 5.41) is 19.4. The Hall–Kier alpha value is -1.76. The van der Waals surface area contributed by atoms with Crippen molar-refractivity contribution < 1.29 is 0 Å². The van der Waals surface area contributed by atoms with Crippen molar-refractivity contribution in [3.05, 3.63) is 23.5 Å². The Morgan fingerprint density at radius 3 is 2.76 bits per heavy atom. The fourth-order valence-corrected chi connectivity index (χ4v) is 1.48. The molecule has 1 N–H and O–H groups in total. The van der Waals surface area contributed by atoms with Gasteiger partial charge in [0.2, 0.25) is 0 Å². The van der Waals surface area contributed by atoms with E-state index in [4.69, 9.17) is 0 Å². The molecule has 2 heterocycles. The molecule has 0 fully saturated rings. The maximum absolute atomic E-state index is 4.09. The molecule has 0 aliphatic carbocycles. The molecule has 2 aromatic rings. The highest BCUT2D eigenvalue weighted by Crippen LogP contribution is 2.01. The molecule has 92 valence electrons. The zero-order valence-corrected chi connectivity index (χ0v) is 10.4. The minimum absolute atomic E-state index is 0.594. The fourth-order valence-electron chi connectivity index (χ4n) is 1.48. The van der Waals surface area contributed by atoms with Crippen molar-refractivity contribution >= 4 is 0 Å². The molecule has 0 amide bonds. The van der Waals surface area contributed by atoms with Crippen LogP contribution < -0.4 is 5.32 Å². The number of aryl methyl sites for hydroxylation is 1. The maximum atomic E-state index is 4.09. The second-order valence-electron chi connectivity index (χ2n) is 3.91. The van der Waals surface area contributed by atoms with Crippen LogP contribution in [0.25, 0.3) is 0 Å². The number of nitrogens with one attached hydrogen (secondary N) is 1. The van der Waals surface area contributed by atoms with E-state index in [0.717, 1.165) is 30.4 Å². The van der Waals surface area contributed by atoms with Gasteiger partial charge in [-0.05, 0) is 13.5 Å². The van der Waals surface area contributed by atoms with Gasteiger partial charge < -0.3 is 9.88 Å². The Kier molecular flexibility index (Phi) is 3.48. The fraction of sp³-hybridized carbons (Fsp3) is 0.600. The van der Waals surface area contributed by atoms with E-state index in [1.54, 1.807) is 4.68 Å². The first kappa shape index (κ1) is 11.7. The number of hydrogen-bond acceptors (Lipinski definition) is 5. The average Bonchev–Trinajstić information content (AvgIpc) is 2.89. The summed E-state index contributed by atoms with van der Waals surface area (Å²) in [6, 6.07) is 0. The molecule has 0 aliphatic rings. The van der Waals surface area contributed by atoms with Crippen molar-refractivity contribution in [1.82, 2.24) is 35.1 Å².